The van der Waals surface area contributed by atoms with E-state index in [1.54, 1.807) is 0 Å². The Hall–Kier alpha value is -2.77. The van der Waals surface area contributed by atoms with Gasteiger partial charge in [-0.3, -0.25) is 4.79 Å². The van der Waals surface area contributed by atoms with Crippen LogP contribution in [0, 0.1) is 11.6 Å². The lowest BCUT2D eigenvalue weighted by atomic mass is 10.1. The van der Waals surface area contributed by atoms with Crippen molar-refractivity contribution in [2.75, 3.05) is 27.2 Å². The van der Waals surface area contributed by atoms with E-state index in [1.165, 1.54) is 37.3 Å². The van der Waals surface area contributed by atoms with Crippen molar-refractivity contribution in [2.45, 2.75) is 11.8 Å². The number of amides is 1. The van der Waals surface area contributed by atoms with Crippen molar-refractivity contribution in [3.63, 3.8) is 0 Å². The van der Waals surface area contributed by atoms with Crippen LogP contribution >= 0.6 is 24.8 Å². The third kappa shape index (κ3) is 9.78. The summed E-state index contributed by atoms with van der Waals surface area (Å²) in [7, 11) is -0.104. The van der Waals surface area contributed by atoms with Gasteiger partial charge in [0.15, 0.2) is 23.3 Å². The van der Waals surface area contributed by atoms with E-state index in [0.29, 0.717) is 6.54 Å². The van der Waals surface area contributed by atoms with Gasteiger partial charge in [0.25, 0.3) is 5.91 Å². The van der Waals surface area contributed by atoms with Crippen LogP contribution in [0.1, 0.15) is 12.5 Å². The SMILES string of the molecule is C/C(=C\c1cc(F)c(Oc2ccc(S(=O)(=O)NCCN(C)C)cc2)c(F)c1)C(=O)N=C(N)N.Cl.Cl. The number of nitrogens with zero attached hydrogens (tertiary/aromatic N) is 2. The zero-order chi connectivity index (χ0) is 24.8. The van der Waals surface area contributed by atoms with Gasteiger partial charge in [-0.2, -0.15) is 4.99 Å². The van der Waals surface area contributed by atoms with Crippen LogP contribution in [-0.2, 0) is 14.8 Å². The molecule has 2 aromatic rings. The highest BCUT2D eigenvalue weighted by Crippen LogP contribution is 2.30. The van der Waals surface area contributed by atoms with E-state index in [2.05, 4.69) is 9.71 Å². The number of benzene rings is 2. The molecule has 1 amide bonds. The van der Waals surface area contributed by atoms with Gasteiger partial charge in [-0.15, -0.1) is 24.8 Å². The summed E-state index contributed by atoms with van der Waals surface area (Å²) in [4.78, 5) is 16.9. The topological polar surface area (TPSA) is 140 Å². The molecule has 0 aliphatic carbocycles. The number of carbonyl (C=O) groups is 1. The summed E-state index contributed by atoms with van der Waals surface area (Å²) < 4.78 is 61.2. The van der Waals surface area contributed by atoms with E-state index in [1.807, 2.05) is 19.0 Å². The van der Waals surface area contributed by atoms with Crippen molar-refractivity contribution < 1.29 is 26.7 Å². The summed E-state index contributed by atoms with van der Waals surface area (Å²) in [6.45, 7) is 2.13. The lowest BCUT2D eigenvalue weighted by Crippen LogP contribution is -2.31. The Kier molecular flexibility index (Phi) is 12.8. The van der Waals surface area contributed by atoms with E-state index in [-0.39, 0.29) is 53.1 Å². The number of sulfonamides is 1. The van der Waals surface area contributed by atoms with Crippen molar-refractivity contribution in [2.24, 2.45) is 16.5 Å². The number of hydrogen-bond donors (Lipinski definition) is 3. The second-order valence-electron chi connectivity index (χ2n) is 7.26. The van der Waals surface area contributed by atoms with Gasteiger partial charge in [0.2, 0.25) is 10.0 Å². The Balaban J connectivity index is 0.00000578. The summed E-state index contributed by atoms with van der Waals surface area (Å²) in [6.07, 6.45) is 1.22. The number of nitrogens with two attached hydrogens (primary N) is 2. The molecule has 0 aromatic heterocycles. The van der Waals surface area contributed by atoms with Gasteiger partial charge < -0.3 is 21.1 Å². The Morgan fingerprint density at radius 1 is 1.11 bits per heavy atom. The minimum atomic E-state index is -3.73. The van der Waals surface area contributed by atoms with Crippen LogP contribution in [0.4, 0.5) is 8.78 Å². The predicted octanol–water partition coefficient (Wildman–Crippen LogP) is 2.64. The lowest BCUT2D eigenvalue weighted by Gasteiger charge is -2.12. The summed E-state index contributed by atoms with van der Waals surface area (Å²) in [5.41, 5.74) is 10.4. The Morgan fingerprint density at radius 2 is 1.66 bits per heavy atom. The molecule has 2 rings (SSSR count). The van der Waals surface area contributed by atoms with Crippen LogP contribution < -0.4 is 20.9 Å². The normalized spacial score (nSPS) is 11.3. The van der Waals surface area contributed by atoms with Gasteiger partial charge in [-0.1, -0.05) is 0 Å². The van der Waals surface area contributed by atoms with Crippen LogP contribution in [-0.4, -0.2) is 52.4 Å². The van der Waals surface area contributed by atoms with Crippen molar-refractivity contribution >= 4 is 52.8 Å². The molecule has 0 saturated carbocycles. The van der Waals surface area contributed by atoms with Gasteiger partial charge in [-0.25, -0.2) is 21.9 Å². The zero-order valence-corrected chi connectivity index (χ0v) is 21.6. The molecule has 0 unspecified atom stereocenters. The molecule has 0 radical (unpaired) electrons. The zero-order valence-electron chi connectivity index (χ0n) is 19.1. The Labute approximate surface area is 215 Å². The smallest absolute Gasteiger partial charge is 0.275 e. The third-order valence-corrected chi connectivity index (χ3v) is 5.65. The molecular formula is C21H27Cl2F2N5O4S. The monoisotopic (exact) mass is 553 g/mol. The Morgan fingerprint density at radius 3 is 2.14 bits per heavy atom. The average Bonchev–Trinajstić information content (AvgIpc) is 2.70. The number of halogens is 4. The quantitative estimate of drug-likeness (QED) is 0.246. The maximum atomic E-state index is 14.5. The van der Waals surface area contributed by atoms with Crippen molar-refractivity contribution in [3.05, 3.63) is 59.2 Å². The van der Waals surface area contributed by atoms with Crippen molar-refractivity contribution in [1.82, 2.24) is 9.62 Å². The van der Waals surface area contributed by atoms with Crippen molar-refractivity contribution in [1.29, 1.82) is 0 Å². The van der Waals surface area contributed by atoms with E-state index in [4.69, 9.17) is 16.2 Å². The molecule has 0 heterocycles. The molecule has 0 bridgehead atoms. The first-order chi connectivity index (χ1) is 15.4. The van der Waals surface area contributed by atoms with E-state index in [0.717, 1.165) is 12.1 Å². The number of aliphatic imine (C=N–C) groups is 1. The lowest BCUT2D eigenvalue weighted by molar-refractivity contribution is -0.114. The largest absolute Gasteiger partial charge is 0.451 e. The van der Waals surface area contributed by atoms with Crippen LogP contribution in [0.2, 0.25) is 0 Å². The van der Waals surface area contributed by atoms with Gasteiger partial charge >= 0.3 is 0 Å². The van der Waals surface area contributed by atoms with Crippen LogP contribution in [0.3, 0.4) is 0 Å². The molecule has 14 heteroatoms. The minimum absolute atomic E-state index is 0. The molecule has 194 valence electrons. The third-order valence-electron chi connectivity index (χ3n) is 4.18. The fraction of sp³-hybridized carbons (Fsp3) is 0.238. The highest BCUT2D eigenvalue weighted by Gasteiger charge is 2.16. The number of hydrogen-bond acceptors (Lipinski definition) is 5. The van der Waals surface area contributed by atoms with E-state index in [9.17, 15) is 22.0 Å². The molecule has 5 N–H and O–H groups in total. The number of likely N-dealkylation sites (N-methyl/N-ethyl adjacent to an activating group) is 1. The molecule has 0 atom stereocenters. The molecule has 35 heavy (non-hydrogen) atoms. The maximum Gasteiger partial charge on any atom is 0.275 e. The van der Waals surface area contributed by atoms with Crippen LogP contribution in [0.25, 0.3) is 6.08 Å². The van der Waals surface area contributed by atoms with E-state index >= 15 is 0 Å². The summed E-state index contributed by atoms with van der Waals surface area (Å²) in [5.74, 6) is -3.88. The second-order valence-corrected chi connectivity index (χ2v) is 9.02. The molecule has 0 saturated heterocycles. The number of carbonyl (C=O) groups excluding carboxylic acids is 1. The molecule has 9 nitrogen and oxygen atoms in total. The standard InChI is InChI=1S/C21H25F2N5O4S.2ClH/c1-13(20(29)27-21(24)25)10-14-11-17(22)19(18(23)12-14)32-15-4-6-16(7-5-15)33(30,31)26-8-9-28(2)3;;/h4-7,10-12,26H,8-9H2,1-3H3,(H4,24,25,27,29);2*1H/b13-10+;;. The first-order valence-electron chi connectivity index (χ1n) is 9.62. The van der Waals surface area contributed by atoms with Crippen LogP contribution in [0.5, 0.6) is 11.5 Å². The summed E-state index contributed by atoms with van der Waals surface area (Å²) >= 11 is 0. The molecule has 0 fully saturated rings. The molecule has 0 aliphatic rings. The summed E-state index contributed by atoms with van der Waals surface area (Å²) in [6, 6.07) is 7.03. The summed E-state index contributed by atoms with van der Waals surface area (Å²) in [5, 5.41) is 0. The van der Waals surface area contributed by atoms with Crippen LogP contribution in [0.15, 0.2) is 51.9 Å². The average molecular weight is 554 g/mol. The maximum absolute atomic E-state index is 14.5. The second kappa shape index (κ2) is 14.0. The number of nitrogens with one attached hydrogen (secondary N) is 1. The molecule has 2 aromatic carbocycles. The van der Waals surface area contributed by atoms with Gasteiger partial charge in [-0.05, 0) is 69.1 Å². The molecule has 0 spiro atoms. The number of rotatable bonds is 9. The minimum Gasteiger partial charge on any atom is -0.451 e. The highest BCUT2D eigenvalue weighted by atomic mass is 35.5. The van der Waals surface area contributed by atoms with Crippen molar-refractivity contribution in [3.8, 4) is 11.5 Å². The predicted molar refractivity (Wildman–Crippen MR) is 136 cm³/mol. The highest BCUT2D eigenvalue weighted by molar-refractivity contribution is 7.89. The molecular weight excluding hydrogens is 527 g/mol. The first-order valence-corrected chi connectivity index (χ1v) is 11.1. The Bertz CT molecular complexity index is 1160. The van der Waals surface area contributed by atoms with Gasteiger partial charge in [0.05, 0.1) is 4.90 Å². The fourth-order valence-electron chi connectivity index (χ4n) is 2.57. The first kappa shape index (κ1) is 32.2. The van der Waals surface area contributed by atoms with E-state index < -0.39 is 39.3 Å². The fourth-order valence-corrected chi connectivity index (χ4v) is 3.59. The number of guanidine groups is 1. The van der Waals surface area contributed by atoms with Gasteiger partial charge in [0.1, 0.15) is 5.75 Å². The number of ether oxygens (including phenoxy) is 1. The van der Waals surface area contributed by atoms with Gasteiger partial charge in [0, 0.05) is 18.7 Å². The molecule has 0 aliphatic heterocycles.